The van der Waals surface area contributed by atoms with Crippen LogP contribution in [0.5, 0.6) is 5.75 Å². The molecule has 0 saturated heterocycles. The van der Waals surface area contributed by atoms with Crippen molar-refractivity contribution in [2.24, 2.45) is 0 Å². The molecule has 156 valence electrons. The van der Waals surface area contributed by atoms with Gasteiger partial charge in [0, 0.05) is 12.6 Å². The highest BCUT2D eigenvalue weighted by atomic mass is 32.1. The van der Waals surface area contributed by atoms with Crippen LogP contribution in [0.3, 0.4) is 0 Å². The van der Waals surface area contributed by atoms with E-state index >= 15 is 0 Å². The summed E-state index contributed by atoms with van der Waals surface area (Å²) in [6.07, 6.45) is 1.94. The van der Waals surface area contributed by atoms with Crippen molar-refractivity contribution in [3.05, 3.63) is 45.8 Å². The van der Waals surface area contributed by atoms with Crippen LogP contribution in [0.4, 0.5) is 5.00 Å². The molecule has 0 aliphatic heterocycles. The van der Waals surface area contributed by atoms with Gasteiger partial charge in [-0.3, -0.25) is 9.59 Å². The van der Waals surface area contributed by atoms with Gasteiger partial charge in [0.05, 0.1) is 18.8 Å². The highest BCUT2D eigenvalue weighted by Crippen LogP contribution is 2.34. The van der Waals surface area contributed by atoms with Crippen LogP contribution in [-0.2, 0) is 4.74 Å². The van der Waals surface area contributed by atoms with E-state index in [1.54, 1.807) is 38.1 Å². The molecule has 0 radical (unpaired) electrons. The Kier molecular flexibility index (Phi) is 8.21. The maximum Gasteiger partial charge on any atom is 0.348 e. The summed E-state index contributed by atoms with van der Waals surface area (Å²) in [7, 11) is 1.49. The molecule has 2 N–H and O–H groups in total. The lowest BCUT2D eigenvalue weighted by Gasteiger charge is -2.09. The fourth-order valence-electron chi connectivity index (χ4n) is 2.63. The van der Waals surface area contributed by atoms with E-state index in [0.29, 0.717) is 28.5 Å². The van der Waals surface area contributed by atoms with Gasteiger partial charge in [-0.2, -0.15) is 0 Å². The van der Waals surface area contributed by atoms with E-state index in [1.165, 1.54) is 7.05 Å². The summed E-state index contributed by atoms with van der Waals surface area (Å²) in [5, 5.41) is 5.59. The summed E-state index contributed by atoms with van der Waals surface area (Å²) in [5.74, 6) is -0.701. The summed E-state index contributed by atoms with van der Waals surface area (Å²) in [5.41, 5.74) is 1.12. The zero-order valence-electron chi connectivity index (χ0n) is 17.1. The van der Waals surface area contributed by atoms with Crippen molar-refractivity contribution in [2.75, 3.05) is 25.6 Å². The quantitative estimate of drug-likeness (QED) is 0.474. The summed E-state index contributed by atoms with van der Waals surface area (Å²) in [6, 6.07) is 6.84. The summed E-state index contributed by atoms with van der Waals surface area (Å²) < 4.78 is 10.7. The van der Waals surface area contributed by atoms with Gasteiger partial charge >= 0.3 is 5.97 Å². The highest BCUT2D eigenvalue weighted by Gasteiger charge is 2.26. The second-order valence-electron chi connectivity index (χ2n) is 6.24. The fourth-order valence-corrected chi connectivity index (χ4v) is 3.72. The van der Waals surface area contributed by atoms with Crippen LogP contribution in [0.2, 0.25) is 0 Å². The third-order valence-electron chi connectivity index (χ3n) is 4.15. The van der Waals surface area contributed by atoms with E-state index in [2.05, 4.69) is 17.6 Å². The number of anilines is 1. The van der Waals surface area contributed by atoms with Gasteiger partial charge in [0.2, 0.25) is 0 Å². The molecule has 1 aromatic heterocycles. The predicted molar refractivity (Wildman–Crippen MR) is 113 cm³/mol. The number of benzene rings is 1. The van der Waals surface area contributed by atoms with Crippen molar-refractivity contribution in [1.29, 1.82) is 0 Å². The number of rotatable bonds is 9. The van der Waals surface area contributed by atoms with E-state index in [1.807, 2.05) is 0 Å². The fraction of sp³-hybridized carbons (Fsp3) is 0.381. The number of carbonyl (C=O) groups excluding carboxylic acids is 3. The lowest BCUT2D eigenvalue weighted by molar-refractivity contribution is 0.0531. The van der Waals surface area contributed by atoms with Crippen LogP contribution in [0.25, 0.3) is 0 Å². The molecule has 1 aromatic carbocycles. The second-order valence-corrected chi connectivity index (χ2v) is 7.26. The molecule has 2 rings (SSSR count). The Morgan fingerprint density at radius 1 is 1.14 bits per heavy atom. The smallest absolute Gasteiger partial charge is 0.348 e. The molecule has 2 aromatic rings. The topological polar surface area (TPSA) is 93.7 Å². The first-order valence-corrected chi connectivity index (χ1v) is 10.3. The third kappa shape index (κ3) is 5.57. The van der Waals surface area contributed by atoms with Gasteiger partial charge in [-0.15, -0.1) is 11.3 Å². The average molecular weight is 419 g/mol. The van der Waals surface area contributed by atoms with E-state index in [9.17, 15) is 14.4 Å². The van der Waals surface area contributed by atoms with Gasteiger partial charge in [-0.1, -0.05) is 19.4 Å². The number of nitrogens with one attached hydrogen (secondary N) is 2. The first kappa shape index (κ1) is 22.4. The molecule has 0 unspecified atom stereocenters. The molecule has 0 fully saturated rings. The third-order valence-corrected chi connectivity index (χ3v) is 5.34. The Bertz CT molecular complexity index is 891. The minimum Gasteiger partial charge on any atom is -0.494 e. The molecular weight excluding hydrogens is 392 g/mol. The van der Waals surface area contributed by atoms with Crippen molar-refractivity contribution < 1.29 is 23.9 Å². The second kappa shape index (κ2) is 10.6. The molecule has 0 atom stereocenters. The summed E-state index contributed by atoms with van der Waals surface area (Å²) in [6.45, 7) is 6.24. The van der Waals surface area contributed by atoms with Gasteiger partial charge in [0.15, 0.2) is 0 Å². The van der Waals surface area contributed by atoms with Crippen molar-refractivity contribution in [3.8, 4) is 5.75 Å². The van der Waals surface area contributed by atoms with Crippen molar-refractivity contribution in [3.63, 3.8) is 0 Å². The Morgan fingerprint density at radius 2 is 1.90 bits per heavy atom. The molecule has 7 nitrogen and oxygen atoms in total. The van der Waals surface area contributed by atoms with Crippen molar-refractivity contribution in [1.82, 2.24) is 5.32 Å². The maximum atomic E-state index is 12.8. The molecule has 29 heavy (non-hydrogen) atoms. The number of carbonyl (C=O) groups is 3. The SMILES string of the molecule is CCCCOc1cccc(C(=O)Nc2sc(C(=O)OCC)c(C)c2C(=O)NC)c1. The van der Waals surface area contributed by atoms with Gasteiger partial charge in [-0.05, 0) is 44.0 Å². The first-order chi connectivity index (χ1) is 13.9. The van der Waals surface area contributed by atoms with Crippen molar-refractivity contribution >= 4 is 34.1 Å². The standard InChI is InChI=1S/C21H26N2O5S/c1-5-7-11-28-15-10-8-9-14(12-15)18(24)23-20-16(19(25)22-4)13(3)17(29-20)21(26)27-6-2/h8-10,12H,5-7,11H2,1-4H3,(H,22,25)(H,23,24). The number of amides is 2. The normalized spacial score (nSPS) is 10.3. The molecule has 0 bridgehead atoms. The van der Waals surface area contributed by atoms with Crippen LogP contribution in [0.15, 0.2) is 24.3 Å². The van der Waals surface area contributed by atoms with E-state index in [0.717, 1.165) is 24.2 Å². The number of hydrogen-bond donors (Lipinski definition) is 2. The molecule has 0 saturated carbocycles. The number of hydrogen-bond acceptors (Lipinski definition) is 6. The molecule has 8 heteroatoms. The number of esters is 1. The summed E-state index contributed by atoms with van der Waals surface area (Å²) >= 11 is 1.02. The largest absolute Gasteiger partial charge is 0.494 e. The molecule has 0 aliphatic rings. The van der Waals surface area contributed by atoms with E-state index in [-0.39, 0.29) is 23.0 Å². The average Bonchev–Trinajstić information content (AvgIpc) is 3.04. The molecule has 1 heterocycles. The zero-order chi connectivity index (χ0) is 21.4. The Balaban J connectivity index is 2.29. The number of unbranched alkanes of at least 4 members (excludes halogenated alkanes) is 1. The van der Waals surface area contributed by atoms with Gasteiger partial charge < -0.3 is 20.1 Å². The van der Waals surface area contributed by atoms with Crippen LogP contribution >= 0.6 is 11.3 Å². The van der Waals surface area contributed by atoms with Crippen LogP contribution in [-0.4, -0.2) is 38.0 Å². The number of thiophene rings is 1. The zero-order valence-corrected chi connectivity index (χ0v) is 17.9. The van der Waals surface area contributed by atoms with E-state index in [4.69, 9.17) is 9.47 Å². The Hall–Kier alpha value is -2.87. The maximum absolute atomic E-state index is 12.8. The Morgan fingerprint density at radius 3 is 2.55 bits per heavy atom. The minimum absolute atomic E-state index is 0.220. The minimum atomic E-state index is -0.521. The molecular formula is C21H26N2O5S. The van der Waals surface area contributed by atoms with Crippen LogP contribution in [0.1, 0.15) is 62.6 Å². The van der Waals surface area contributed by atoms with Crippen LogP contribution in [0, 0.1) is 6.92 Å². The Labute approximate surface area is 174 Å². The van der Waals surface area contributed by atoms with Gasteiger partial charge in [0.1, 0.15) is 15.6 Å². The number of ether oxygens (including phenoxy) is 2. The predicted octanol–water partition coefficient (Wildman–Crippen LogP) is 4.02. The van der Waals surface area contributed by atoms with Gasteiger partial charge in [-0.25, -0.2) is 4.79 Å². The first-order valence-electron chi connectivity index (χ1n) is 9.49. The van der Waals surface area contributed by atoms with Gasteiger partial charge in [0.25, 0.3) is 11.8 Å². The molecule has 0 aliphatic carbocycles. The lowest BCUT2D eigenvalue weighted by atomic mass is 10.1. The monoisotopic (exact) mass is 418 g/mol. The van der Waals surface area contributed by atoms with Crippen LogP contribution < -0.4 is 15.4 Å². The molecule has 0 spiro atoms. The van der Waals surface area contributed by atoms with Crippen molar-refractivity contribution in [2.45, 2.75) is 33.6 Å². The summed E-state index contributed by atoms with van der Waals surface area (Å²) in [4.78, 5) is 37.6. The lowest BCUT2D eigenvalue weighted by Crippen LogP contribution is -2.21. The molecule has 2 amide bonds. The highest BCUT2D eigenvalue weighted by molar-refractivity contribution is 7.18. The van der Waals surface area contributed by atoms with E-state index < -0.39 is 11.9 Å².